The van der Waals surface area contributed by atoms with Gasteiger partial charge in [-0.05, 0) is 6.92 Å². The van der Waals surface area contributed by atoms with E-state index in [4.69, 9.17) is 14.9 Å². The van der Waals surface area contributed by atoms with Crippen molar-refractivity contribution >= 4 is 29.0 Å². The zero-order valence-electron chi connectivity index (χ0n) is 15.0. The van der Waals surface area contributed by atoms with Gasteiger partial charge < -0.3 is 30.5 Å². The molecular weight excluding hydrogens is 395 g/mol. The van der Waals surface area contributed by atoms with Gasteiger partial charge in [0, 0.05) is 0 Å². The fourth-order valence-electron chi connectivity index (χ4n) is 2.88. The highest BCUT2D eigenvalue weighted by Gasteiger charge is 2.45. The molecule has 3 heterocycles. The van der Waals surface area contributed by atoms with E-state index in [0.717, 1.165) is 6.33 Å². The molecule has 2 aromatic heterocycles. The Bertz CT molecular complexity index is 908. The van der Waals surface area contributed by atoms with Crippen LogP contribution in [0.3, 0.4) is 0 Å². The van der Waals surface area contributed by atoms with Crippen LogP contribution in [0.4, 0.5) is 15.0 Å². The number of rotatable bonds is 6. The number of hydrogen-bond donors (Lipinski definition) is 6. The van der Waals surface area contributed by atoms with Gasteiger partial charge in [0.25, 0.3) is 0 Å². The van der Waals surface area contributed by atoms with Gasteiger partial charge in [0.15, 0.2) is 35.4 Å². The van der Waals surface area contributed by atoms with Crippen molar-refractivity contribution in [2.75, 3.05) is 11.9 Å². The molecule has 29 heavy (non-hydrogen) atoms. The summed E-state index contributed by atoms with van der Waals surface area (Å²) in [4.78, 5) is 35.0. The molecule has 3 unspecified atom stereocenters. The molecular formula is C15H19FN6O7. The van der Waals surface area contributed by atoms with Crippen LogP contribution in [0.15, 0.2) is 12.7 Å². The van der Waals surface area contributed by atoms with Crippen LogP contribution in [0.25, 0.3) is 11.2 Å². The summed E-state index contributed by atoms with van der Waals surface area (Å²) in [5, 5.41) is 41.8. The minimum atomic E-state index is -1.86. The molecule has 2 amide bonds. The Balaban J connectivity index is 1.83. The van der Waals surface area contributed by atoms with E-state index in [1.165, 1.54) is 17.8 Å². The third-order valence-electron chi connectivity index (χ3n) is 4.37. The van der Waals surface area contributed by atoms with E-state index in [2.05, 4.69) is 25.6 Å². The number of fused-ring (bicyclic) bond motifs is 1. The van der Waals surface area contributed by atoms with Gasteiger partial charge in [-0.25, -0.2) is 28.9 Å². The highest BCUT2D eigenvalue weighted by molar-refractivity contribution is 5.97. The maximum Gasteiger partial charge on any atom is 0.328 e. The third-order valence-corrected chi connectivity index (χ3v) is 4.37. The fraction of sp³-hybridized carbons (Fsp3) is 0.533. The van der Waals surface area contributed by atoms with E-state index < -0.39 is 55.4 Å². The topological polar surface area (TPSA) is 192 Å². The second-order valence-electron chi connectivity index (χ2n) is 6.38. The predicted octanol–water partition coefficient (Wildman–Crippen LogP) is -1.63. The number of aliphatic carboxylic acids is 1. The molecule has 158 valence electrons. The summed E-state index contributed by atoms with van der Waals surface area (Å²) >= 11 is 0. The molecule has 14 heteroatoms. The Labute approximate surface area is 162 Å². The van der Waals surface area contributed by atoms with Crippen LogP contribution in [-0.2, 0) is 9.53 Å². The van der Waals surface area contributed by atoms with Crippen LogP contribution in [-0.4, -0.2) is 89.1 Å². The Hall–Kier alpha value is -2.94. The fourth-order valence-corrected chi connectivity index (χ4v) is 2.88. The first kappa shape index (κ1) is 20.8. The Morgan fingerprint density at radius 2 is 2.10 bits per heavy atom. The molecule has 2 aromatic rings. The van der Waals surface area contributed by atoms with Crippen LogP contribution >= 0.6 is 0 Å². The van der Waals surface area contributed by atoms with Crippen molar-refractivity contribution in [1.82, 2.24) is 24.8 Å². The second-order valence-corrected chi connectivity index (χ2v) is 6.38. The number of aliphatic hydroxyl groups excluding tert-OH is 3. The van der Waals surface area contributed by atoms with Gasteiger partial charge in [-0.2, -0.15) is 0 Å². The van der Waals surface area contributed by atoms with Gasteiger partial charge in [-0.3, -0.25) is 9.88 Å². The van der Waals surface area contributed by atoms with Crippen LogP contribution in [0.5, 0.6) is 0 Å². The number of nitrogens with one attached hydrogen (secondary N) is 2. The van der Waals surface area contributed by atoms with Crippen molar-refractivity contribution in [3.63, 3.8) is 0 Å². The van der Waals surface area contributed by atoms with E-state index in [0.29, 0.717) is 0 Å². The summed E-state index contributed by atoms with van der Waals surface area (Å²) in [7, 11) is 0. The smallest absolute Gasteiger partial charge is 0.328 e. The quantitative estimate of drug-likeness (QED) is 0.320. The third kappa shape index (κ3) is 3.95. The van der Waals surface area contributed by atoms with E-state index in [9.17, 15) is 24.2 Å². The van der Waals surface area contributed by atoms with Crippen molar-refractivity contribution in [2.24, 2.45) is 0 Å². The van der Waals surface area contributed by atoms with Gasteiger partial charge in [-0.1, -0.05) is 0 Å². The normalized spacial score (nSPS) is 26.2. The number of amides is 2. The number of imidazole rings is 1. The van der Waals surface area contributed by atoms with Crippen LogP contribution in [0.1, 0.15) is 13.2 Å². The lowest BCUT2D eigenvalue weighted by atomic mass is 10.1. The zero-order valence-corrected chi connectivity index (χ0v) is 15.0. The Morgan fingerprint density at radius 1 is 1.38 bits per heavy atom. The molecule has 0 spiro atoms. The number of urea groups is 1. The maximum atomic E-state index is 14.4. The number of ether oxygens (including phenoxy) is 1. The molecule has 0 aromatic carbocycles. The van der Waals surface area contributed by atoms with Crippen LogP contribution in [0.2, 0.25) is 0 Å². The second kappa shape index (κ2) is 8.20. The lowest BCUT2D eigenvalue weighted by Crippen LogP contribution is -2.49. The molecule has 6 atom stereocenters. The number of carboxylic acid groups (broad SMARTS) is 1. The lowest BCUT2D eigenvalue weighted by molar-refractivity contribution is -0.141. The molecule has 0 radical (unpaired) electrons. The lowest BCUT2D eigenvalue weighted by Gasteiger charge is -2.17. The molecule has 1 aliphatic rings. The van der Waals surface area contributed by atoms with E-state index in [1.54, 1.807) is 0 Å². The zero-order chi connectivity index (χ0) is 21.3. The van der Waals surface area contributed by atoms with Crippen molar-refractivity contribution < 1.29 is 39.1 Å². The van der Waals surface area contributed by atoms with Gasteiger partial charge in [-0.15, -0.1) is 0 Å². The van der Waals surface area contributed by atoms with Crippen molar-refractivity contribution in [3.05, 3.63) is 12.7 Å². The van der Waals surface area contributed by atoms with E-state index in [1.807, 2.05) is 0 Å². The van der Waals surface area contributed by atoms with Gasteiger partial charge >= 0.3 is 12.0 Å². The van der Waals surface area contributed by atoms with Gasteiger partial charge in [0.1, 0.15) is 18.5 Å². The number of hydrogen-bond acceptors (Lipinski definition) is 9. The summed E-state index contributed by atoms with van der Waals surface area (Å²) in [5.74, 6) is -1.54. The average Bonchev–Trinajstić information content (AvgIpc) is 3.21. The number of alkyl halides is 1. The van der Waals surface area contributed by atoms with E-state index in [-0.39, 0.29) is 17.0 Å². The summed E-state index contributed by atoms with van der Waals surface area (Å²) in [6.07, 6.45) is -4.96. The van der Waals surface area contributed by atoms with Crippen LogP contribution in [0, 0.1) is 0 Å². The monoisotopic (exact) mass is 414 g/mol. The number of anilines is 1. The standard InChI is InChI=1S/C15H19FN6O7/c1-5(24)8(14(26)27)20-15(28)21-11-9-12(18-3-17-11)22(4-19-9)13-7(16)10(25)6(2-23)29-13/h3-8,10,13,23-25H,2H2,1H3,(H,26,27)(H2,17,18,20,21,28)/t5?,6-,7+,8?,10?,13-/m1/s1. The molecule has 3 rings (SSSR count). The summed E-state index contributed by atoms with van der Waals surface area (Å²) in [6.45, 7) is 0.618. The maximum absolute atomic E-state index is 14.4. The first-order chi connectivity index (χ1) is 13.7. The number of nitrogens with zero attached hydrogens (tertiary/aromatic N) is 4. The molecule has 1 fully saturated rings. The number of aliphatic hydroxyl groups is 3. The number of aromatic nitrogens is 4. The average molecular weight is 414 g/mol. The molecule has 1 saturated heterocycles. The SMILES string of the molecule is CC(O)C(NC(=O)Nc1ncnc2c1ncn2[C@@H]1O[C@H](CO)C(O)[C@@H]1F)C(=O)O. The molecule has 13 nitrogen and oxygen atoms in total. The minimum Gasteiger partial charge on any atom is -0.480 e. The van der Waals surface area contributed by atoms with E-state index >= 15 is 0 Å². The Kier molecular flexibility index (Phi) is 5.88. The van der Waals surface area contributed by atoms with Crippen molar-refractivity contribution in [3.8, 4) is 0 Å². The molecule has 1 aliphatic heterocycles. The summed E-state index contributed by atoms with van der Waals surface area (Å²) in [6, 6.07) is -2.52. The van der Waals surface area contributed by atoms with Gasteiger partial charge in [0.05, 0.1) is 19.0 Å². The number of carbonyl (C=O) groups excluding carboxylic acids is 1. The number of carbonyl (C=O) groups is 2. The molecule has 0 bridgehead atoms. The highest BCUT2D eigenvalue weighted by atomic mass is 19.1. The summed E-state index contributed by atoms with van der Waals surface area (Å²) < 4.78 is 20.9. The predicted molar refractivity (Wildman–Crippen MR) is 92.5 cm³/mol. The largest absolute Gasteiger partial charge is 0.480 e. The first-order valence-electron chi connectivity index (χ1n) is 8.49. The van der Waals surface area contributed by atoms with Crippen molar-refractivity contribution in [2.45, 2.75) is 43.7 Å². The number of carboxylic acids is 1. The Morgan fingerprint density at radius 3 is 2.69 bits per heavy atom. The number of halogens is 1. The molecule has 6 N–H and O–H groups in total. The van der Waals surface area contributed by atoms with Crippen LogP contribution < -0.4 is 10.6 Å². The minimum absolute atomic E-state index is 0.0457. The highest BCUT2D eigenvalue weighted by Crippen LogP contribution is 2.34. The van der Waals surface area contributed by atoms with Crippen molar-refractivity contribution in [1.29, 1.82) is 0 Å². The molecule has 0 aliphatic carbocycles. The summed E-state index contributed by atoms with van der Waals surface area (Å²) in [5.41, 5.74) is 0.114. The van der Waals surface area contributed by atoms with Gasteiger partial charge in [0.2, 0.25) is 0 Å². The first-order valence-corrected chi connectivity index (χ1v) is 8.49. The molecule has 0 saturated carbocycles.